The Morgan fingerprint density at radius 3 is 2.20 bits per heavy atom. The molecule has 0 spiro atoms. The molecule has 3 heterocycles. The van der Waals surface area contributed by atoms with Crippen molar-refractivity contribution in [1.82, 2.24) is 14.5 Å². The second kappa shape index (κ2) is 7.93. The van der Waals surface area contributed by atoms with Crippen molar-refractivity contribution in [1.29, 1.82) is 0 Å². The van der Waals surface area contributed by atoms with E-state index < -0.39 is 33.8 Å². The number of thiophene rings is 1. The molecule has 30 heavy (non-hydrogen) atoms. The fourth-order valence-corrected chi connectivity index (χ4v) is 6.39. The minimum absolute atomic E-state index is 0.218. The van der Waals surface area contributed by atoms with E-state index in [0.29, 0.717) is 41.3 Å². The van der Waals surface area contributed by atoms with Gasteiger partial charge in [-0.2, -0.15) is 4.31 Å². The summed E-state index contributed by atoms with van der Waals surface area (Å²) in [5.74, 6) is -1.38. The first-order valence-corrected chi connectivity index (χ1v) is 11.9. The molecule has 4 rings (SSSR count). The zero-order chi connectivity index (χ0) is 21.5. The lowest BCUT2D eigenvalue weighted by molar-refractivity contribution is -0.125. The van der Waals surface area contributed by atoms with Gasteiger partial charge in [-0.05, 0) is 43.3 Å². The molecule has 1 atom stereocenters. The quantitative estimate of drug-likeness (QED) is 0.703. The number of piperidine rings is 1. The number of rotatable bonds is 5. The molecule has 2 aliphatic rings. The van der Waals surface area contributed by atoms with Gasteiger partial charge < -0.3 is 5.32 Å². The van der Waals surface area contributed by atoms with E-state index in [1.807, 2.05) is 0 Å². The van der Waals surface area contributed by atoms with Crippen LogP contribution in [0.4, 0.5) is 0 Å². The van der Waals surface area contributed by atoms with E-state index in [9.17, 15) is 22.8 Å². The van der Waals surface area contributed by atoms with Crippen LogP contribution >= 0.6 is 11.3 Å². The second-order valence-corrected chi connectivity index (χ2v) is 10.4. The molecule has 8 nitrogen and oxygen atoms in total. The summed E-state index contributed by atoms with van der Waals surface area (Å²) in [6.07, 6.45) is 0.927. The van der Waals surface area contributed by atoms with Crippen molar-refractivity contribution < 1.29 is 22.8 Å². The summed E-state index contributed by atoms with van der Waals surface area (Å²) in [4.78, 5) is 38.8. The first kappa shape index (κ1) is 20.7. The zero-order valence-electron chi connectivity index (χ0n) is 16.3. The van der Waals surface area contributed by atoms with Crippen molar-refractivity contribution in [2.75, 3.05) is 13.1 Å². The highest BCUT2D eigenvalue weighted by Crippen LogP contribution is 2.26. The number of nitrogens with zero attached hydrogens (tertiary/aromatic N) is 2. The number of carbonyl (C=O) groups is 3. The van der Waals surface area contributed by atoms with Gasteiger partial charge in [-0.25, -0.2) is 8.42 Å². The van der Waals surface area contributed by atoms with Crippen LogP contribution in [0.5, 0.6) is 0 Å². The monoisotopic (exact) mass is 447 g/mol. The Kier molecular flexibility index (Phi) is 5.48. The molecule has 158 valence electrons. The lowest BCUT2D eigenvalue weighted by Crippen LogP contribution is -2.52. The van der Waals surface area contributed by atoms with Crippen molar-refractivity contribution in [3.8, 4) is 0 Å². The normalized spacial score (nSPS) is 19.0. The van der Waals surface area contributed by atoms with Crippen LogP contribution in [0.15, 0.2) is 46.0 Å². The molecule has 2 aromatic rings. The third-order valence-electron chi connectivity index (χ3n) is 5.48. The van der Waals surface area contributed by atoms with Gasteiger partial charge in [0.1, 0.15) is 10.3 Å². The summed E-state index contributed by atoms with van der Waals surface area (Å²) < 4.78 is 26.9. The summed E-state index contributed by atoms with van der Waals surface area (Å²) in [5, 5.41) is 4.59. The summed E-state index contributed by atoms with van der Waals surface area (Å²) in [6.45, 7) is 2.12. The fraction of sp³-hybridized carbons (Fsp3) is 0.350. The minimum atomic E-state index is -3.50. The van der Waals surface area contributed by atoms with E-state index in [4.69, 9.17) is 0 Å². The third kappa shape index (κ3) is 3.55. The number of hydrogen-bond donors (Lipinski definition) is 1. The predicted octanol–water partition coefficient (Wildman–Crippen LogP) is 1.70. The van der Waals surface area contributed by atoms with Crippen LogP contribution < -0.4 is 5.32 Å². The second-order valence-electron chi connectivity index (χ2n) is 7.32. The Labute approximate surface area is 178 Å². The third-order valence-corrected chi connectivity index (χ3v) is 8.75. The van der Waals surface area contributed by atoms with E-state index in [1.165, 1.54) is 22.6 Å². The number of benzene rings is 1. The van der Waals surface area contributed by atoms with Gasteiger partial charge in [-0.3, -0.25) is 19.3 Å². The number of carbonyl (C=O) groups excluding carboxylic acids is 3. The molecule has 3 amide bonds. The van der Waals surface area contributed by atoms with Gasteiger partial charge in [0.15, 0.2) is 0 Å². The van der Waals surface area contributed by atoms with Crippen molar-refractivity contribution in [3.05, 3.63) is 52.9 Å². The van der Waals surface area contributed by atoms with Gasteiger partial charge in [-0.15, -0.1) is 11.3 Å². The van der Waals surface area contributed by atoms with Crippen molar-refractivity contribution >= 4 is 39.1 Å². The SMILES string of the molecule is CC(C(=O)NC1CCN(S(=O)(=O)c2cccs2)CC1)N1C(=O)c2ccccc2C1=O. The molecule has 1 unspecified atom stereocenters. The van der Waals surface area contributed by atoms with Crippen LogP contribution in [0.2, 0.25) is 0 Å². The fourth-order valence-electron chi connectivity index (χ4n) is 3.78. The maximum Gasteiger partial charge on any atom is 0.262 e. The molecular weight excluding hydrogens is 426 g/mol. The van der Waals surface area contributed by atoms with Crippen molar-refractivity contribution in [2.24, 2.45) is 0 Å². The number of hydrogen-bond acceptors (Lipinski definition) is 6. The van der Waals surface area contributed by atoms with Gasteiger partial charge in [0, 0.05) is 19.1 Å². The largest absolute Gasteiger partial charge is 0.351 e. The Hall–Kier alpha value is -2.56. The topological polar surface area (TPSA) is 104 Å². The molecule has 10 heteroatoms. The van der Waals surface area contributed by atoms with E-state index in [0.717, 1.165) is 4.90 Å². The summed E-state index contributed by atoms with van der Waals surface area (Å²) in [5.41, 5.74) is 0.600. The van der Waals surface area contributed by atoms with Crippen LogP contribution in [0.25, 0.3) is 0 Å². The average molecular weight is 448 g/mol. The first-order chi connectivity index (χ1) is 14.3. The highest BCUT2D eigenvalue weighted by molar-refractivity contribution is 7.91. The standard InChI is InChI=1S/C20H21N3O5S2/c1-13(23-19(25)15-5-2-3-6-16(15)20(23)26)18(24)21-14-8-10-22(11-9-14)30(27,28)17-7-4-12-29-17/h2-7,12-14H,8-11H2,1H3,(H,21,24). The number of nitrogens with one attached hydrogen (secondary N) is 1. The molecule has 1 aromatic heterocycles. The first-order valence-electron chi connectivity index (χ1n) is 9.61. The predicted molar refractivity (Wildman–Crippen MR) is 111 cm³/mol. The van der Waals surface area contributed by atoms with E-state index in [2.05, 4.69) is 5.32 Å². The number of sulfonamides is 1. The van der Waals surface area contributed by atoms with Crippen LogP contribution in [0.3, 0.4) is 0 Å². The minimum Gasteiger partial charge on any atom is -0.351 e. The molecular formula is C20H21N3O5S2. The van der Waals surface area contributed by atoms with E-state index in [-0.39, 0.29) is 6.04 Å². The van der Waals surface area contributed by atoms with E-state index in [1.54, 1.807) is 41.8 Å². The highest BCUT2D eigenvalue weighted by atomic mass is 32.2. The van der Waals surface area contributed by atoms with Gasteiger partial charge >= 0.3 is 0 Å². The zero-order valence-corrected chi connectivity index (χ0v) is 17.9. The average Bonchev–Trinajstić information content (AvgIpc) is 3.37. The summed E-state index contributed by atoms with van der Waals surface area (Å²) in [7, 11) is -3.50. The van der Waals surface area contributed by atoms with E-state index >= 15 is 0 Å². The Bertz CT molecular complexity index is 1050. The molecule has 1 saturated heterocycles. The van der Waals surface area contributed by atoms with Gasteiger partial charge in [0.2, 0.25) is 5.91 Å². The number of imide groups is 1. The van der Waals surface area contributed by atoms with Crippen molar-refractivity contribution in [3.63, 3.8) is 0 Å². The number of fused-ring (bicyclic) bond motifs is 1. The lowest BCUT2D eigenvalue weighted by Gasteiger charge is -2.32. The van der Waals surface area contributed by atoms with Crippen LogP contribution in [0.1, 0.15) is 40.5 Å². The smallest absolute Gasteiger partial charge is 0.262 e. The Morgan fingerprint density at radius 2 is 1.67 bits per heavy atom. The summed E-state index contributed by atoms with van der Waals surface area (Å²) >= 11 is 1.18. The molecule has 2 aliphatic heterocycles. The molecule has 0 bridgehead atoms. The molecule has 0 saturated carbocycles. The Morgan fingerprint density at radius 1 is 1.07 bits per heavy atom. The van der Waals surface area contributed by atoms with Crippen LogP contribution in [-0.2, 0) is 14.8 Å². The maximum absolute atomic E-state index is 12.7. The van der Waals surface area contributed by atoms with Crippen LogP contribution in [0, 0.1) is 0 Å². The number of amides is 3. The Balaban J connectivity index is 1.37. The molecule has 1 N–H and O–H groups in total. The summed E-state index contributed by atoms with van der Waals surface area (Å²) in [6, 6.07) is 8.61. The van der Waals surface area contributed by atoms with Gasteiger partial charge in [-0.1, -0.05) is 18.2 Å². The molecule has 1 aromatic carbocycles. The maximum atomic E-state index is 12.7. The van der Waals surface area contributed by atoms with Gasteiger partial charge in [0.25, 0.3) is 21.8 Å². The van der Waals surface area contributed by atoms with Gasteiger partial charge in [0.05, 0.1) is 11.1 Å². The van der Waals surface area contributed by atoms with Crippen LogP contribution in [-0.4, -0.2) is 60.5 Å². The highest BCUT2D eigenvalue weighted by Gasteiger charge is 2.41. The molecule has 0 radical (unpaired) electrons. The molecule has 1 fully saturated rings. The lowest BCUT2D eigenvalue weighted by atomic mass is 10.1. The van der Waals surface area contributed by atoms with Crippen molar-refractivity contribution in [2.45, 2.75) is 36.1 Å². The molecule has 0 aliphatic carbocycles.